The highest BCUT2D eigenvalue weighted by molar-refractivity contribution is 5.97. The van der Waals surface area contributed by atoms with E-state index < -0.39 is 0 Å². The van der Waals surface area contributed by atoms with E-state index in [1.807, 2.05) is 83.5 Å². The molecule has 0 fully saturated rings. The van der Waals surface area contributed by atoms with Crippen LogP contribution < -0.4 is 14.8 Å². The second kappa shape index (κ2) is 8.23. The zero-order chi connectivity index (χ0) is 22.1. The van der Waals surface area contributed by atoms with Crippen LogP contribution in [0.3, 0.4) is 0 Å². The number of nitrogens with zero attached hydrogens (tertiary/aromatic N) is 2. The Kier molecular flexibility index (Phi) is 5.11. The molecule has 1 atom stereocenters. The van der Waals surface area contributed by atoms with Crippen LogP contribution in [0.15, 0.2) is 78.9 Å². The molecule has 2 heterocycles. The molecule has 1 aromatic heterocycles. The summed E-state index contributed by atoms with van der Waals surface area (Å²) in [6.45, 7) is 0. The third-order valence-electron chi connectivity index (χ3n) is 5.77. The molecule has 6 heteroatoms. The zero-order valence-electron chi connectivity index (χ0n) is 17.9. The molecule has 4 aromatic rings. The highest BCUT2D eigenvalue weighted by atomic mass is 16.5. The van der Waals surface area contributed by atoms with Crippen LogP contribution in [0.4, 0.5) is 5.82 Å². The number of fused-ring (bicyclic) bond motifs is 1. The summed E-state index contributed by atoms with van der Waals surface area (Å²) in [6.07, 6.45) is 0.289. The van der Waals surface area contributed by atoms with Crippen LogP contribution in [0.25, 0.3) is 16.9 Å². The van der Waals surface area contributed by atoms with Crippen LogP contribution in [-0.2, 0) is 4.79 Å². The van der Waals surface area contributed by atoms with Gasteiger partial charge in [-0.25, -0.2) is 4.68 Å². The third-order valence-corrected chi connectivity index (χ3v) is 5.77. The summed E-state index contributed by atoms with van der Waals surface area (Å²) in [5.41, 5.74) is 4.56. The van der Waals surface area contributed by atoms with Gasteiger partial charge in [0.05, 0.1) is 25.6 Å². The molecule has 1 amide bonds. The van der Waals surface area contributed by atoms with E-state index in [1.54, 1.807) is 14.2 Å². The van der Waals surface area contributed by atoms with Gasteiger partial charge < -0.3 is 14.8 Å². The van der Waals surface area contributed by atoms with Gasteiger partial charge in [0.1, 0.15) is 5.82 Å². The van der Waals surface area contributed by atoms with E-state index in [9.17, 15) is 4.79 Å². The molecule has 1 N–H and O–H groups in total. The number of benzene rings is 3. The van der Waals surface area contributed by atoms with E-state index in [0.29, 0.717) is 17.3 Å². The van der Waals surface area contributed by atoms with Crippen molar-refractivity contribution in [1.29, 1.82) is 0 Å². The van der Waals surface area contributed by atoms with Crippen LogP contribution >= 0.6 is 0 Å². The second-order valence-corrected chi connectivity index (χ2v) is 7.61. The lowest BCUT2D eigenvalue weighted by atomic mass is 9.83. The maximum Gasteiger partial charge on any atom is 0.226 e. The van der Waals surface area contributed by atoms with Gasteiger partial charge in [-0.15, -0.1) is 0 Å². The number of aromatic nitrogens is 2. The number of anilines is 1. The normalized spacial score (nSPS) is 15.1. The predicted molar refractivity (Wildman–Crippen MR) is 124 cm³/mol. The van der Waals surface area contributed by atoms with Crippen LogP contribution in [0, 0.1) is 0 Å². The molecule has 5 rings (SSSR count). The Hall–Kier alpha value is -4.06. The molecule has 0 spiro atoms. The molecule has 0 saturated heterocycles. The molecule has 1 aliphatic rings. The van der Waals surface area contributed by atoms with Crippen molar-refractivity contribution < 1.29 is 14.3 Å². The number of methoxy groups -OCH3 is 2. The van der Waals surface area contributed by atoms with Gasteiger partial charge in [0.25, 0.3) is 0 Å². The highest BCUT2D eigenvalue weighted by Crippen LogP contribution is 2.47. The Morgan fingerprint density at radius 3 is 2.31 bits per heavy atom. The molecule has 160 valence electrons. The maximum atomic E-state index is 12.9. The first-order valence-corrected chi connectivity index (χ1v) is 10.5. The quantitative estimate of drug-likeness (QED) is 0.487. The van der Waals surface area contributed by atoms with Crippen molar-refractivity contribution >= 4 is 11.7 Å². The smallest absolute Gasteiger partial charge is 0.226 e. The third kappa shape index (κ3) is 3.30. The lowest BCUT2D eigenvalue weighted by Gasteiger charge is -2.26. The van der Waals surface area contributed by atoms with Gasteiger partial charge in [-0.3, -0.25) is 4.79 Å². The van der Waals surface area contributed by atoms with E-state index in [0.717, 1.165) is 28.1 Å². The Morgan fingerprint density at radius 2 is 1.62 bits per heavy atom. The molecule has 0 unspecified atom stereocenters. The number of amides is 1. The molecule has 32 heavy (non-hydrogen) atoms. The van der Waals surface area contributed by atoms with Crippen LogP contribution in [0.5, 0.6) is 11.5 Å². The average Bonchev–Trinajstić information content (AvgIpc) is 3.23. The fourth-order valence-electron chi connectivity index (χ4n) is 4.37. The maximum absolute atomic E-state index is 12.9. The minimum Gasteiger partial charge on any atom is -0.493 e. The Morgan fingerprint density at radius 1 is 0.906 bits per heavy atom. The summed E-state index contributed by atoms with van der Waals surface area (Å²) < 4.78 is 13.1. The Bertz CT molecular complexity index is 1270. The van der Waals surface area contributed by atoms with E-state index in [-0.39, 0.29) is 18.2 Å². The molecule has 0 radical (unpaired) electrons. The summed E-state index contributed by atoms with van der Waals surface area (Å²) in [7, 11) is 3.24. The number of carbonyl (C=O) groups excluding carboxylic acids is 1. The van der Waals surface area contributed by atoms with Gasteiger partial charge in [-0.2, -0.15) is 5.10 Å². The SMILES string of the molecule is COc1cccc([C@@H]2CC(=O)Nc3c2c(-c2ccccc2)nn3-c2ccccc2)c1OC. The molecule has 1 aliphatic heterocycles. The second-order valence-electron chi connectivity index (χ2n) is 7.61. The summed E-state index contributed by atoms with van der Waals surface area (Å²) in [5.74, 6) is 1.64. The van der Waals surface area contributed by atoms with E-state index in [1.165, 1.54) is 0 Å². The molecule has 0 bridgehead atoms. The molecule has 3 aromatic carbocycles. The van der Waals surface area contributed by atoms with Crippen LogP contribution in [0.1, 0.15) is 23.5 Å². The van der Waals surface area contributed by atoms with Gasteiger partial charge in [0.2, 0.25) is 5.91 Å². The summed E-state index contributed by atoms with van der Waals surface area (Å²) in [5, 5.41) is 8.04. The predicted octanol–water partition coefficient (Wildman–Crippen LogP) is 5.03. The largest absolute Gasteiger partial charge is 0.493 e. The topological polar surface area (TPSA) is 65.4 Å². The fraction of sp³-hybridized carbons (Fsp3) is 0.154. The molecular weight excluding hydrogens is 402 g/mol. The van der Waals surface area contributed by atoms with E-state index in [2.05, 4.69) is 5.32 Å². The first-order chi connectivity index (χ1) is 15.7. The van der Waals surface area contributed by atoms with Crippen LogP contribution in [-0.4, -0.2) is 29.9 Å². The highest BCUT2D eigenvalue weighted by Gasteiger charge is 2.36. The fourth-order valence-corrected chi connectivity index (χ4v) is 4.37. The van der Waals surface area contributed by atoms with Gasteiger partial charge in [0, 0.05) is 29.0 Å². The number of hydrogen-bond donors (Lipinski definition) is 1. The van der Waals surface area contributed by atoms with E-state index in [4.69, 9.17) is 14.6 Å². The zero-order valence-corrected chi connectivity index (χ0v) is 17.9. The molecule has 0 saturated carbocycles. The standard InChI is InChI=1S/C26H23N3O3/c1-31-21-15-9-14-19(25(21)32-2)20-16-22(30)27-26-23(20)24(17-10-5-3-6-11-17)28-29(26)18-12-7-4-8-13-18/h3-15,20H,16H2,1-2H3,(H,27,30)/t20-/m0/s1. The Labute approximate surface area is 186 Å². The van der Waals surface area contributed by atoms with Gasteiger partial charge in [-0.1, -0.05) is 60.7 Å². The van der Waals surface area contributed by atoms with Crippen molar-refractivity contribution in [2.75, 3.05) is 19.5 Å². The molecule has 0 aliphatic carbocycles. The minimum absolute atomic E-state index is 0.0657. The molecular formula is C26H23N3O3. The average molecular weight is 425 g/mol. The van der Waals surface area contributed by atoms with Gasteiger partial charge in [0.15, 0.2) is 11.5 Å². The summed E-state index contributed by atoms with van der Waals surface area (Å²) in [4.78, 5) is 12.9. The lowest BCUT2D eigenvalue weighted by molar-refractivity contribution is -0.116. The van der Waals surface area contributed by atoms with Crippen molar-refractivity contribution in [2.24, 2.45) is 0 Å². The first-order valence-electron chi connectivity index (χ1n) is 10.5. The van der Waals surface area contributed by atoms with E-state index >= 15 is 0 Å². The number of nitrogens with one attached hydrogen (secondary N) is 1. The van der Waals surface area contributed by atoms with Crippen molar-refractivity contribution in [3.05, 3.63) is 90.0 Å². The monoisotopic (exact) mass is 425 g/mol. The van der Waals surface area contributed by atoms with Crippen molar-refractivity contribution in [3.63, 3.8) is 0 Å². The first kappa shape index (κ1) is 19.9. The van der Waals surface area contributed by atoms with Crippen molar-refractivity contribution in [1.82, 2.24) is 9.78 Å². The lowest BCUT2D eigenvalue weighted by Crippen LogP contribution is -2.25. The summed E-state index contributed by atoms with van der Waals surface area (Å²) >= 11 is 0. The van der Waals surface area contributed by atoms with Crippen LogP contribution in [0.2, 0.25) is 0 Å². The van der Waals surface area contributed by atoms with Gasteiger partial charge in [-0.05, 0) is 18.2 Å². The Balaban J connectivity index is 1.79. The number of rotatable bonds is 5. The molecule has 6 nitrogen and oxygen atoms in total. The van der Waals surface area contributed by atoms with Gasteiger partial charge >= 0.3 is 0 Å². The number of carbonyl (C=O) groups is 1. The number of ether oxygens (including phenoxy) is 2. The number of para-hydroxylation sites is 2. The summed E-state index contributed by atoms with van der Waals surface area (Å²) in [6, 6.07) is 25.6. The van der Waals surface area contributed by atoms with Crippen molar-refractivity contribution in [3.8, 4) is 28.4 Å². The number of hydrogen-bond acceptors (Lipinski definition) is 4. The van der Waals surface area contributed by atoms with Crippen molar-refractivity contribution in [2.45, 2.75) is 12.3 Å². The minimum atomic E-state index is -0.239.